The molecule has 0 aromatic heterocycles. The van der Waals surface area contributed by atoms with Crippen LogP contribution in [0.2, 0.25) is 5.02 Å². The Bertz CT molecular complexity index is 1000. The van der Waals surface area contributed by atoms with Crippen LogP contribution in [0.4, 0.5) is 11.4 Å². The van der Waals surface area contributed by atoms with Gasteiger partial charge in [0.05, 0.1) is 18.0 Å². The third kappa shape index (κ3) is 5.46. The lowest BCUT2D eigenvalue weighted by atomic mass is 10.1. The summed E-state index contributed by atoms with van der Waals surface area (Å²) < 4.78 is 25.6. The molecule has 1 amide bonds. The van der Waals surface area contributed by atoms with Crippen LogP contribution in [0, 0.1) is 6.92 Å². The number of rotatable bonds is 7. The van der Waals surface area contributed by atoms with E-state index in [9.17, 15) is 13.2 Å². The first kappa shape index (κ1) is 22.4. The highest BCUT2D eigenvalue weighted by Gasteiger charge is 2.22. The molecule has 1 saturated heterocycles. The van der Waals surface area contributed by atoms with E-state index in [4.69, 9.17) is 11.6 Å². The zero-order chi connectivity index (χ0) is 21.9. The quantitative estimate of drug-likeness (QED) is 0.696. The number of amides is 1. The van der Waals surface area contributed by atoms with Crippen LogP contribution >= 0.6 is 11.6 Å². The average Bonchev–Trinajstić information content (AvgIpc) is 3.22. The van der Waals surface area contributed by atoms with E-state index in [1.54, 1.807) is 18.2 Å². The van der Waals surface area contributed by atoms with Crippen LogP contribution in [0.25, 0.3) is 0 Å². The number of carbonyl (C=O) groups is 1. The largest absolute Gasteiger partial charge is 0.372 e. The number of aryl methyl sites for hydroxylation is 1. The molecule has 2 aromatic carbocycles. The fourth-order valence-electron chi connectivity index (χ4n) is 3.59. The fraction of sp³-hybridized carbons (Fsp3) is 0.409. The number of hydrogen-bond acceptors (Lipinski definition) is 4. The minimum Gasteiger partial charge on any atom is -0.372 e. The molecule has 0 spiro atoms. The van der Waals surface area contributed by atoms with Crippen LogP contribution in [0.15, 0.2) is 42.5 Å². The molecule has 0 saturated carbocycles. The molecular weight excluding hydrogens is 422 g/mol. The molecule has 1 heterocycles. The molecule has 1 aliphatic heterocycles. The van der Waals surface area contributed by atoms with Gasteiger partial charge in [-0.3, -0.25) is 9.10 Å². The van der Waals surface area contributed by atoms with Gasteiger partial charge in [-0.1, -0.05) is 29.8 Å². The Morgan fingerprint density at radius 1 is 1.17 bits per heavy atom. The van der Waals surface area contributed by atoms with Crippen molar-refractivity contribution < 1.29 is 13.2 Å². The first-order valence-corrected chi connectivity index (χ1v) is 12.3. The van der Waals surface area contributed by atoms with Crippen LogP contribution in [0.1, 0.15) is 36.9 Å². The van der Waals surface area contributed by atoms with E-state index in [1.165, 1.54) is 18.5 Å². The van der Waals surface area contributed by atoms with Gasteiger partial charge in [-0.25, -0.2) is 8.42 Å². The van der Waals surface area contributed by atoms with Gasteiger partial charge in [-0.15, -0.1) is 0 Å². The van der Waals surface area contributed by atoms with Crippen molar-refractivity contribution in [1.29, 1.82) is 0 Å². The number of sulfonamides is 1. The topological polar surface area (TPSA) is 69.7 Å². The lowest BCUT2D eigenvalue weighted by Crippen LogP contribution is -2.41. The second-order valence-electron chi connectivity index (χ2n) is 7.78. The Morgan fingerprint density at radius 2 is 1.80 bits per heavy atom. The highest BCUT2D eigenvalue weighted by Crippen LogP contribution is 2.25. The summed E-state index contributed by atoms with van der Waals surface area (Å²) in [5.41, 5.74) is 3.36. The van der Waals surface area contributed by atoms with Crippen molar-refractivity contribution in [2.75, 3.05) is 35.1 Å². The summed E-state index contributed by atoms with van der Waals surface area (Å²) in [6, 6.07) is 12.9. The van der Waals surface area contributed by atoms with Crippen molar-refractivity contribution >= 4 is 38.9 Å². The number of carbonyl (C=O) groups excluding carboxylic acids is 1. The molecule has 1 N–H and O–H groups in total. The number of benzene rings is 2. The zero-order valence-electron chi connectivity index (χ0n) is 17.6. The molecule has 0 aliphatic carbocycles. The number of nitrogens with zero attached hydrogens (tertiary/aromatic N) is 2. The highest BCUT2D eigenvalue weighted by molar-refractivity contribution is 7.92. The Balaban J connectivity index is 1.68. The number of anilines is 2. The molecular formula is C22H28ClN3O3S. The van der Waals surface area contributed by atoms with Gasteiger partial charge in [-0.2, -0.15) is 0 Å². The van der Waals surface area contributed by atoms with E-state index in [0.29, 0.717) is 10.7 Å². The molecule has 1 aliphatic rings. The summed E-state index contributed by atoms with van der Waals surface area (Å²) in [5, 5.41) is 3.34. The normalized spacial score (nSPS) is 15.1. The van der Waals surface area contributed by atoms with E-state index in [-0.39, 0.29) is 18.5 Å². The summed E-state index contributed by atoms with van der Waals surface area (Å²) in [4.78, 5) is 15.0. The second kappa shape index (κ2) is 9.27. The van der Waals surface area contributed by atoms with Gasteiger partial charge in [-0.05, 0) is 62.1 Å². The third-order valence-electron chi connectivity index (χ3n) is 5.37. The summed E-state index contributed by atoms with van der Waals surface area (Å²) in [5.74, 6) is -0.381. The Hall–Kier alpha value is -2.25. The summed E-state index contributed by atoms with van der Waals surface area (Å²) in [6.07, 6.45) is 3.52. The fourth-order valence-corrected chi connectivity index (χ4v) is 4.61. The van der Waals surface area contributed by atoms with Crippen LogP contribution in [-0.4, -0.2) is 40.2 Å². The summed E-state index contributed by atoms with van der Waals surface area (Å²) >= 11 is 6.14. The molecule has 1 fully saturated rings. The Labute approximate surface area is 183 Å². The monoisotopic (exact) mass is 449 g/mol. The van der Waals surface area contributed by atoms with Crippen molar-refractivity contribution in [2.45, 2.75) is 32.7 Å². The number of hydrogen-bond donors (Lipinski definition) is 1. The molecule has 6 nitrogen and oxygen atoms in total. The van der Waals surface area contributed by atoms with Crippen LogP contribution in [0.5, 0.6) is 0 Å². The molecule has 2 aromatic rings. The number of nitrogens with one attached hydrogen (secondary N) is 1. The molecule has 1 unspecified atom stereocenters. The molecule has 30 heavy (non-hydrogen) atoms. The van der Waals surface area contributed by atoms with Crippen LogP contribution in [0.3, 0.4) is 0 Å². The van der Waals surface area contributed by atoms with Gasteiger partial charge in [0.15, 0.2) is 0 Å². The lowest BCUT2D eigenvalue weighted by molar-refractivity contribution is -0.120. The van der Waals surface area contributed by atoms with Gasteiger partial charge in [0, 0.05) is 23.8 Å². The third-order valence-corrected chi connectivity index (χ3v) is 6.92. The van der Waals surface area contributed by atoms with Crippen molar-refractivity contribution in [3.05, 3.63) is 58.6 Å². The van der Waals surface area contributed by atoms with Gasteiger partial charge in [0.1, 0.15) is 6.54 Å². The SMILES string of the molecule is Cc1ccc(N(CC(=O)NC(C)c2ccc(N3CCCC3)cc2)S(C)(=O)=O)cc1Cl. The zero-order valence-corrected chi connectivity index (χ0v) is 19.1. The van der Waals surface area contributed by atoms with Crippen molar-refractivity contribution in [1.82, 2.24) is 5.32 Å². The minimum atomic E-state index is -3.65. The minimum absolute atomic E-state index is 0.242. The maximum atomic E-state index is 12.6. The van der Waals surface area contributed by atoms with E-state index >= 15 is 0 Å². The molecule has 3 rings (SSSR count). The van der Waals surface area contributed by atoms with Crippen LogP contribution < -0.4 is 14.5 Å². The predicted octanol–water partition coefficient (Wildman–Crippen LogP) is 3.89. The first-order valence-electron chi connectivity index (χ1n) is 10.0. The molecule has 1 atom stereocenters. The van der Waals surface area contributed by atoms with Gasteiger partial charge >= 0.3 is 0 Å². The Morgan fingerprint density at radius 3 is 2.37 bits per heavy atom. The smallest absolute Gasteiger partial charge is 0.241 e. The molecule has 0 radical (unpaired) electrons. The van der Waals surface area contributed by atoms with Gasteiger partial charge in [0.2, 0.25) is 15.9 Å². The summed E-state index contributed by atoms with van der Waals surface area (Å²) in [7, 11) is -3.65. The maximum absolute atomic E-state index is 12.6. The molecule has 162 valence electrons. The molecule has 8 heteroatoms. The lowest BCUT2D eigenvalue weighted by Gasteiger charge is -2.24. The van der Waals surface area contributed by atoms with Crippen LogP contribution in [-0.2, 0) is 14.8 Å². The Kier molecular flexibility index (Phi) is 6.93. The summed E-state index contributed by atoms with van der Waals surface area (Å²) in [6.45, 7) is 5.57. The van der Waals surface area contributed by atoms with E-state index in [2.05, 4.69) is 22.3 Å². The highest BCUT2D eigenvalue weighted by atomic mass is 35.5. The van der Waals surface area contributed by atoms with E-state index in [1.807, 2.05) is 26.0 Å². The van der Waals surface area contributed by atoms with Gasteiger partial charge in [0.25, 0.3) is 0 Å². The molecule has 0 bridgehead atoms. The van der Waals surface area contributed by atoms with Crippen molar-refractivity contribution in [2.24, 2.45) is 0 Å². The van der Waals surface area contributed by atoms with Gasteiger partial charge < -0.3 is 10.2 Å². The predicted molar refractivity (Wildman–Crippen MR) is 123 cm³/mol. The number of halogens is 1. The van der Waals surface area contributed by atoms with E-state index < -0.39 is 10.0 Å². The van der Waals surface area contributed by atoms with Crippen molar-refractivity contribution in [3.8, 4) is 0 Å². The van der Waals surface area contributed by atoms with E-state index in [0.717, 1.165) is 34.8 Å². The van der Waals surface area contributed by atoms with Crippen molar-refractivity contribution in [3.63, 3.8) is 0 Å². The standard InChI is InChI=1S/C22H28ClN3O3S/c1-16-6-9-20(14-21(16)23)26(30(3,28)29)15-22(27)24-17(2)18-7-10-19(11-8-18)25-12-4-5-13-25/h6-11,14,17H,4-5,12-13,15H2,1-3H3,(H,24,27). The second-order valence-corrected chi connectivity index (χ2v) is 10.1. The average molecular weight is 450 g/mol. The maximum Gasteiger partial charge on any atom is 0.241 e. The first-order chi connectivity index (χ1) is 14.1.